The third-order valence-electron chi connectivity index (χ3n) is 13.6. The van der Waals surface area contributed by atoms with Crippen molar-refractivity contribution in [1.82, 2.24) is 14.5 Å². The standard InChI is InChI=1S/C66H60N3O.Pt/c1-41(2)51-38-59(44(7)8)65(70)60(39-51)66-68-64-58(23-16-24-62(64)69(66)55-31-29-49(30-32-55)63-56(42(3)4)21-15-22-57(63)43(5)6)53-35-52(46-19-13-10-14-20-46)36-54(37-53)61-40-50(33-34-67-61)48-27-25-47(26-28-48)45-17-11-9-12-18-45;/h9-36,38-44,70H,1-8H3;/q-1;/i42D,43D;. The Morgan fingerprint density at radius 3 is 1.66 bits per heavy atom. The van der Waals surface area contributed by atoms with Crippen LogP contribution in [0.1, 0.15) is 104 Å². The average molecular weight is 1110 g/mol. The van der Waals surface area contributed by atoms with Gasteiger partial charge in [0.1, 0.15) is 11.6 Å². The Morgan fingerprint density at radius 2 is 1.06 bits per heavy atom. The van der Waals surface area contributed by atoms with E-state index in [2.05, 4.69) is 190 Å². The maximum absolute atomic E-state index is 12.3. The minimum atomic E-state index is -0.894. The van der Waals surface area contributed by atoms with Gasteiger partial charge in [-0.15, -0.1) is 23.8 Å². The summed E-state index contributed by atoms with van der Waals surface area (Å²) in [6, 6.07) is 66.8. The van der Waals surface area contributed by atoms with E-state index < -0.39 is 11.8 Å². The smallest absolute Gasteiger partial charge is 0.148 e. The zero-order valence-corrected chi connectivity index (χ0v) is 43.9. The maximum atomic E-state index is 12.3. The number of phenolic OH excluding ortho intramolecular Hbond substituents is 1. The Morgan fingerprint density at radius 1 is 0.493 bits per heavy atom. The molecule has 2 aromatic heterocycles. The number of para-hydroxylation sites is 1. The summed E-state index contributed by atoms with van der Waals surface area (Å²) < 4.78 is 20.4. The number of rotatable bonds is 12. The minimum Gasteiger partial charge on any atom is -0.507 e. The molecule has 2 heterocycles. The van der Waals surface area contributed by atoms with Gasteiger partial charge in [-0.1, -0.05) is 212 Å². The fourth-order valence-electron chi connectivity index (χ4n) is 9.75. The number of phenols is 1. The first-order chi connectivity index (χ1) is 34.5. The fraction of sp³-hybridized carbons (Fsp3) is 0.182. The molecule has 1 N–H and O–H groups in total. The Labute approximate surface area is 437 Å². The molecule has 10 rings (SSSR count). The van der Waals surface area contributed by atoms with Crippen molar-refractivity contribution in [2.24, 2.45) is 0 Å². The van der Waals surface area contributed by atoms with Crippen molar-refractivity contribution in [3.8, 4) is 89.7 Å². The predicted octanol–water partition coefficient (Wildman–Crippen LogP) is 18.1. The predicted molar refractivity (Wildman–Crippen MR) is 294 cm³/mol. The average Bonchev–Trinajstić information content (AvgIpc) is 3.78. The third kappa shape index (κ3) is 9.71. The zero-order valence-electron chi connectivity index (χ0n) is 43.7. The molecule has 5 heteroatoms. The molecule has 0 saturated heterocycles. The first kappa shape index (κ1) is 46.3. The molecule has 0 aliphatic rings. The number of benzene rings is 8. The molecule has 0 aliphatic carbocycles. The molecule has 0 saturated carbocycles. The van der Waals surface area contributed by atoms with Gasteiger partial charge in [-0.3, -0.25) is 9.55 Å². The molecule has 8 aromatic carbocycles. The number of imidazole rings is 1. The normalized spacial score (nSPS) is 12.3. The topological polar surface area (TPSA) is 50.9 Å². The van der Waals surface area contributed by atoms with Crippen molar-refractivity contribution in [1.29, 1.82) is 0 Å². The molecule has 0 amide bonds. The molecule has 0 spiro atoms. The number of nitrogens with zero attached hydrogens (tertiary/aromatic N) is 3. The molecule has 0 unspecified atom stereocenters. The van der Waals surface area contributed by atoms with Gasteiger partial charge in [-0.25, -0.2) is 4.98 Å². The Kier molecular flexibility index (Phi) is 13.5. The summed E-state index contributed by atoms with van der Waals surface area (Å²) in [4.78, 5) is 10.5. The van der Waals surface area contributed by atoms with Crippen molar-refractivity contribution < 1.29 is 28.9 Å². The molecular weight excluding hydrogens is 1050 g/mol. The first-order valence-electron chi connectivity index (χ1n) is 25.4. The summed E-state index contributed by atoms with van der Waals surface area (Å²) in [5.41, 5.74) is 18.8. The van der Waals surface area contributed by atoms with E-state index in [1.807, 2.05) is 64.2 Å². The Bertz CT molecular complexity index is 3560. The van der Waals surface area contributed by atoms with Crippen molar-refractivity contribution >= 4 is 11.0 Å². The van der Waals surface area contributed by atoms with Crippen LogP contribution in [0.15, 0.2) is 188 Å². The van der Waals surface area contributed by atoms with E-state index in [1.165, 1.54) is 11.1 Å². The number of pyridine rings is 1. The molecular formula is C66H60N3OPt-. The van der Waals surface area contributed by atoms with Gasteiger partial charge < -0.3 is 5.11 Å². The van der Waals surface area contributed by atoms with Crippen LogP contribution in [-0.4, -0.2) is 19.6 Å². The van der Waals surface area contributed by atoms with Crippen LogP contribution in [0, 0.1) is 6.07 Å². The number of hydrogen-bond donors (Lipinski definition) is 1. The van der Waals surface area contributed by atoms with E-state index >= 15 is 0 Å². The summed E-state index contributed by atoms with van der Waals surface area (Å²) in [7, 11) is 0. The van der Waals surface area contributed by atoms with Crippen molar-refractivity contribution in [3.63, 3.8) is 0 Å². The van der Waals surface area contributed by atoms with E-state index in [1.54, 1.807) is 0 Å². The molecule has 0 radical (unpaired) electrons. The van der Waals surface area contributed by atoms with Gasteiger partial charge in [0.05, 0.1) is 16.6 Å². The van der Waals surface area contributed by atoms with E-state index in [9.17, 15) is 5.11 Å². The number of hydrogen-bond acceptors (Lipinski definition) is 3. The van der Waals surface area contributed by atoms with Crippen LogP contribution in [0.3, 0.4) is 0 Å². The van der Waals surface area contributed by atoms with Gasteiger partial charge in [-0.2, -0.15) is 0 Å². The van der Waals surface area contributed by atoms with Gasteiger partial charge in [0.25, 0.3) is 0 Å². The van der Waals surface area contributed by atoms with Gasteiger partial charge in [0.15, 0.2) is 0 Å². The Hall–Kier alpha value is -7.13. The summed E-state index contributed by atoms with van der Waals surface area (Å²) in [5, 5.41) is 12.3. The van der Waals surface area contributed by atoms with Crippen LogP contribution in [0.25, 0.3) is 95.0 Å². The van der Waals surface area contributed by atoms with Crippen LogP contribution in [0.4, 0.5) is 0 Å². The molecule has 356 valence electrons. The second kappa shape index (κ2) is 20.7. The maximum Gasteiger partial charge on any atom is 0.148 e. The molecule has 71 heavy (non-hydrogen) atoms. The summed E-state index contributed by atoms with van der Waals surface area (Å²) in [6.45, 7) is 16.2. The molecule has 4 nitrogen and oxygen atoms in total. The van der Waals surface area contributed by atoms with Gasteiger partial charge in [0, 0.05) is 41.4 Å². The third-order valence-corrected chi connectivity index (χ3v) is 13.6. The number of aromatic nitrogens is 3. The van der Waals surface area contributed by atoms with E-state index in [-0.39, 0.29) is 38.7 Å². The van der Waals surface area contributed by atoms with Crippen molar-refractivity contribution in [2.75, 3.05) is 0 Å². The first-order valence-corrected chi connectivity index (χ1v) is 24.4. The quantitative estimate of drug-likeness (QED) is 0.124. The SMILES string of the molecule is [2H]C(C)(C)c1cccc(C([2H])(C)C)c1-c1ccc(-n2c(-c3cc(C(C)C)cc(C(C)C)c3O)nc3c(-c4[c-]c(-c5cc(-c6ccc(-c7ccccc7)cc6)ccn5)cc(-c5ccccc5)c4)cccc32)cc1.[Pt]. The second-order valence-corrected chi connectivity index (χ2v) is 19.5. The molecule has 0 bridgehead atoms. The van der Waals surface area contributed by atoms with Gasteiger partial charge >= 0.3 is 0 Å². The monoisotopic (exact) mass is 1110 g/mol. The van der Waals surface area contributed by atoms with E-state index in [0.29, 0.717) is 11.4 Å². The molecule has 0 atom stereocenters. The van der Waals surface area contributed by atoms with Crippen molar-refractivity contribution in [3.05, 3.63) is 217 Å². The number of aromatic hydroxyl groups is 1. The zero-order chi connectivity index (χ0) is 50.5. The van der Waals surface area contributed by atoms with Crippen molar-refractivity contribution in [2.45, 2.75) is 79.0 Å². The molecule has 0 aliphatic heterocycles. The van der Waals surface area contributed by atoms with Crippen LogP contribution >= 0.6 is 0 Å². The van der Waals surface area contributed by atoms with Gasteiger partial charge in [0.2, 0.25) is 0 Å². The summed E-state index contributed by atoms with van der Waals surface area (Å²) in [5.74, 6) is -0.662. The molecule has 10 aromatic rings. The summed E-state index contributed by atoms with van der Waals surface area (Å²) in [6.07, 6.45) is 1.88. The Balaban J connectivity index is 0.00000656. The minimum absolute atomic E-state index is 0. The summed E-state index contributed by atoms with van der Waals surface area (Å²) >= 11 is 0. The van der Waals surface area contributed by atoms with Crippen LogP contribution in [0.5, 0.6) is 5.75 Å². The van der Waals surface area contributed by atoms with E-state index in [4.69, 9.17) is 12.7 Å². The van der Waals surface area contributed by atoms with Crippen LogP contribution in [0.2, 0.25) is 0 Å². The molecule has 0 fully saturated rings. The van der Waals surface area contributed by atoms with E-state index in [0.717, 1.165) is 94.7 Å². The largest absolute Gasteiger partial charge is 0.507 e. The fourth-order valence-corrected chi connectivity index (χ4v) is 9.75. The van der Waals surface area contributed by atoms with Gasteiger partial charge in [-0.05, 0) is 115 Å². The van der Waals surface area contributed by atoms with Crippen LogP contribution in [-0.2, 0) is 21.1 Å². The number of fused-ring (bicyclic) bond motifs is 1. The van der Waals surface area contributed by atoms with Crippen LogP contribution < -0.4 is 0 Å². The second-order valence-electron chi connectivity index (χ2n) is 19.5.